The van der Waals surface area contributed by atoms with Crippen LogP contribution in [-0.2, 0) is 19.1 Å². The van der Waals surface area contributed by atoms with Gasteiger partial charge in [-0.15, -0.1) is 0 Å². The first kappa shape index (κ1) is 16.2. The molecule has 0 saturated heterocycles. The summed E-state index contributed by atoms with van der Waals surface area (Å²) < 4.78 is 40.6. The van der Waals surface area contributed by atoms with Gasteiger partial charge in [0.15, 0.2) is 5.69 Å². The lowest BCUT2D eigenvalue weighted by molar-refractivity contribution is -0.141. The lowest BCUT2D eigenvalue weighted by atomic mass is 9.99. The molecular formula is C14H15BrF3N5. The molecule has 3 heterocycles. The number of nitrogens with zero attached hydrogens (tertiary/aromatic N) is 5. The predicted octanol–water partition coefficient (Wildman–Crippen LogP) is 3.15. The van der Waals surface area contributed by atoms with Crippen molar-refractivity contribution in [3.05, 3.63) is 34.6 Å². The van der Waals surface area contributed by atoms with E-state index in [4.69, 9.17) is 0 Å². The Morgan fingerprint density at radius 1 is 1.35 bits per heavy atom. The minimum atomic E-state index is -4.39. The molecule has 2 aromatic rings. The number of alkyl halides is 3. The van der Waals surface area contributed by atoms with E-state index in [1.807, 2.05) is 11.9 Å². The molecule has 0 N–H and O–H groups in total. The molecule has 0 aliphatic carbocycles. The van der Waals surface area contributed by atoms with Crippen LogP contribution in [0.5, 0.6) is 0 Å². The van der Waals surface area contributed by atoms with E-state index in [0.717, 1.165) is 17.1 Å². The highest BCUT2D eigenvalue weighted by Crippen LogP contribution is 2.31. The first-order valence-corrected chi connectivity index (χ1v) is 7.94. The summed E-state index contributed by atoms with van der Waals surface area (Å²) in [6.07, 6.45) is 1.41. The van der Waals surface area contributed by atoms with Gasteiger partial charge in [-0.3, -0.25) is 0 Å². The summed E-state index contributed by atoms with van der Waals surface area (Å²) >= 11 is 3.28. The van der Waals surface area contributed by atoms with Crippen LogP contribution < -0.4 is 4.90 Å². The molecular weight excluding hydrogens is 375 g/mol. The van der Waals surface area contributed by atoms with Crippen LogP contribution in [0.1, 0.15) is 17.9 Å². The van der Waals surface area contributed by atoms with E-state index < -0.39 is 11.9 Å². The average molecular weight is 390 g/mol. The first-order valence-electron chi connectivity index (χ1n) is 7.15. The van der Waals surface area contributed by atoms with Crippen molar-refractivity contribution in [3.63, 3.8) is 0 Å². The molecule has 0 fully saturated rings. The van der Waals surface area contributed by atoms with Crippen molar-refractivity contribution >= 4 is 21.9 Å². The van der Waals surface area contributed by atoms with Crippen molar-refractivity contribution in [2.45, 2.75) is 25.6 Å². The van der Waals surface area contributed by atoms with Gasteiger partial charge in [0.05, 0.1) is 4.47 Å². The van der Waals surface area contributed by atoms with Gasteiger partial charge >= 0.3 is 6.18 Å². The Balaban J connectivity index is 1.67. The van der Waals surface area contributed by atoms with Crippen molar-refractivity contribution in [1.82, 2.24) is 19.5 Å². The van der Waals surface area contributed by atoms with Crippen LogP contribution in [-0.4, -0.2) is 33.1 Å². The third kappa shape index (κ3) is 3.65. The molecule has 0 amide bonds. The highest BCUT2D eigenvalue weighted by atomic mass is 79.9. The Morgan fingerprint density at radius 2 is 2.04 bits per heavy atom. The van der Waals surface area contributed by atoms with Gasteiger partial charge in [-0.05, 0) is 28.3 Å². The van der Waals surface area contributed by atoms with Gasteiger partial charge in [-0.1, -0.05) is 0 Å². The zero-order chi connectivity index (χ0) is 16.6. The number of aromatic nitrogens is 4. The van der Waals surface area contributed by atoms with Crippen molar-refractivity contribution in [3.8, 4) is 0 Å². The van der Waals surface area contributed by atoms with Gasteiger partial charge in [-0.2, -0.15) is 13.2 Å². The molecule has 0 unspecified atom stereocenters. The lowest BCUT2D eigenvalue weighted by Crippen LogP contribution is -2.32. The number of aryl methyl sites for hydroxylation is 1. The molecule has 0 spiro atoms. The molecule has 2 aromatic heterocycles. The Morgan fingerprint density at radius 3 is 2.70 bits per heavy atom. The van der Waals surface area contributed by atoms with Crippen LogP contribution >= 0.6 is 15.9 Å². The molecule has 3 rings (SSSR count). The number of halogens is 4. The fraction of sp³-hybridized carbons (Fsp3) is 0.500. The predicted molar refractivity (Wildman–Crippen MR) is 82.0 cm³/mol. The average Bonchev–Trinajstić information content (AvgIpc) is 2.91. The van der Waals surface area contributed by atoms with Crippen LogP contribution in [0.15, 0.2) is 23.1 Å². The molecule has 9 heteroatoms. The van der Waals surface area contributed by atoms with Crippen LogP contribution in [0.3, 0.4) is 0 Å². The minimum absolute atomic E-state index is 0.232. The highest BCUT2D eigenvalue weighted by Gasteiger charge is 2.35. The van der Waals surface area contributed by atoms with Gasteiger partial charge < -0.3 is 9.47 Å². The molecule has 23 heavy (non-hydrogen) atoms. The number of rotatable bonds is 3. The molecule has 1 atom stereocenters. The molecule has 0 aromatic carbocycles. The molecule has 1 aliphatic rings. The van der Waals surface area contributed by atoms with E-state index >= 15 is 0 Å². The SMILES string of the molecule is CN(C[C@@H]1CCc2nc(C(F)(F)F)cn2C1)c1ncc(Br)cn1. The summed E-state index contributed by atoms with van der Waals surface area (Å²) in [7, 11) is 1.88. The fourth-order valence-electron chi connectivity index (χ4n) is 2.77. The maximum atomic E-state index is 12.7. The van der Waals surface area contributed by atoms with E-state index in [9.17, 15) is 13.2 Å². The number of anilines is 1. The van der Waals surface area contributed by atoms with Gasteiger partial charge in [0.2, 0.25) is 5.95 Å². The largest absolute Gasteiger partial charge is 0.434 e. The summed E-state index contributed by atoms with van der Waals surface area (Å²) in [4.78, 5) is 14.1. The second-order valence-electron chi connectivity index (χ2n) is 5.68. The second kappa shape index (κ2) is 6.10. The summed E-state index contributed by atoms with van der Waals surface area (Å²) in [6.45, 7) is 1.21. The van der Waals surface area contributed by atoms with Crippen molar-refractivity contribution < 1.29 is 13.2 Å². The number of hydrogen-bond donors (Lipinski definition) is 0. The van der Waals surface area contributed by atoms with Crippen LogP contribution in [0.2, 0.25) is 0 Å². The maximum absolute atomic E-state index is 12.7. The van der Waals surface area contributed by atoms with Crippen LogP contribution in [0, 0.1) is 5.92 Å². The van der Waals surface area contributed by atoms with E-state index in [2.05, 4.69) is 30.9 Å². The van der Waals surface area contributed by atoms with Gasteiger partial charge in [0, 0.05) is 45.1 Å². The molecule has 124 valence electrons. The molecule has 1 aliphatic heterocycles. The van der Waals surface area contributed by atoms with E-state index in [1.54, 1.807) is 17.0 Å². The highest BCUT2D eigenvalue weighted by molar-refractivity contribution is 9.10. The number of imidazole rings is 1. The first-order chi connectivity index (χ1) is 10.8. The Bertz CT molecular complexity index is 683. The lowest BCUT2D eigenvalue weighted by Gasteiger charge is -2.28. The molecule has 0 radical (unpaired) electrons. The quantitative estimate of drug-likeness (QED) is 0.808. The number of hydrogen-bond acceptors (Lipinski definition) is 4. The Hall–Kier alpha value is -1.64. The van der Waals surface area contributed by atoms with Gasteiger partial charge in [0.25, 0.3) is 0 Å². The van der Waals surface area contributed by atoms with Crippen molar-refractivity contribution in [2.75, 3.05) is 18.5 Å². The molecule has 0 saturated carbocycles. The number of fused-ring (bicyclic) bond motifs is 1. The Kier molecular flexibility index (Phi) is 4.31. The fourth-order valence-corrected chi connectivity index (χ4v) is 2.98. The topological polar surface area (TPSA) is 46.8 Å². The monoisotopic (exact) mass is 389 g/mol. The minimum Gasteiger partial charge on any atom is -0.344 e. The van der Waals surface area contributed by atoms with E-state index in [0.29, 0.717) is 31.3 Å². The summed E-state index contributed by atoms with van der Waals surface area (Å²) in [5, 5.41) is 0. The zero-order valence-electron chi connectivity index (χ0n) is 12.4. The standard InChI is InChI=1S/C14H15BrF3N5/c1-22(13-19-4-10(15)5-20-13)6-9-2-3-12-21-11(14(16,17)18)8-23(12)7-9/h4-5,8-9H,2-3,6-7H2,1H3/t9-/m0/s1. The van der Waals surface area contributed by atoms with Crippen LogP contribution in [0.4, 0.5) is 19.1 Å². The van der Waals surface area contributed by atoms with E-state index in [1.165, 1.54) is 0 Å². The van der Waals surface area contributed by atoms with Gasteiger partial charge in [0.1, 0.15) is 5.82 Å². The third-order valence-corrected chi connectivity index (χ3v) is 4.27. The molecule has 5 nitrogen and oxygen atoms in total. The molecule has 0 bridgehead atoms. The van der Waals surface area contributed by atoms with E-state index in [-0.39, 0.29) is 5.92 Å². The summed E-state index contributed by atoms with van der Waals surface area (Å²) in [5.74, 6) is 1.34. The summed E-state index contributed by atoms with van der Waals surface area (Å²) in [6, 6.07) is 0. The second-order valence-corrected chi connectivity index (χ2v) is 6.59. The zero-order valence-corrected chi connectivity index (χ0v) is 14.0. The summed E-state index contributed by atoms with van der Waals surface area (Å²) in [5.41, 5.74) is -0.808. The van der Waals surface area contributed by atoms with Crippen molar-refractivity contribution in [2.24, 2.45) is 5.92 Å². The van der Waals surface area contributed by atoms with Gasteiger partial charge in [-0.25, -0.2) is 15.0 Å². The van der Waals surface area contributed by atoms with Crippen LogP contribution in [0.25, 0.3) is 0 Å². The smallest absolute Gasteiger partial charge is 0.344 e. The third-order valence-electron chi connectivity index (χ3n) is 3.86. The maximum Gasteiger partial charge on any atom is 0.434 e. The van der Waals surface area contributed by atoms with Crippen molar-refractivity contribution in [1.29, 1.82) is 0 Å². The normalized spacial score (nSPS) is 17.9. The Labute approximate surface area is 139 Å².